The van der Waals surface area contributed by atoms with Gasteiger partial charge in [0.05, 0.1) is 11.8 Å². The highest BCUT2D eigenvalue weighted by Crippen LogP contribution is 2.38. The Morgan fingerprint density at radius 1 is 0.971 bits per heavy atom. The quantitative estimate of drug-likeness (QED) is 0.255. The van der Waals surface area contributed by atoms with Gasteiger partial charge in [-0.25, -0.2) is 10.3 Å². The Kier molecular flexibility index (Phi) is 9.93. The molecule has 0 radical (unpaired) electrons. The third-order valence-electron chi connectivity index (χ3n) is 7.28. The van der Waals surface area contributed by atoms with E-state index >= 15 is 0 Å². The highest BCUT2D eigenvalue weighted by atomic mass is 16.5. The van der Waals surface area contributed by atoms with Crippen LogP contribution in [0.15, 0.2) is 30.3 Å². The van der Waals surface area contributed by atoms with Crippen molar-refractivity contribution in [2.75, 3.05) is 0 Å². The van der Waals surface area contributed by atoms with Crippen LogP contribution in [0.25, 0.3) is 0 Å². The molecule has 2 aliphatic rings. The zero-order valence-corrected chi connectivity index (χ0v) is 20.5. The predicted octanol–water partition coefficient (Wildman–Crippen LogP) is 4.17. The summed E-state index contributed by atoms with van der Waals surface area (Å²) in [5, 5.41) is 12.4. The van der Waals surface area contributed by atoms with Crippen LogP contribution < -0.4 is 10.8 Å². The molecule has 3 rings (SSSR count). The first-order chi connectivity index (χ1) is 16.4. The minimum Gasteiger partial charge on any atom is -0.461 e. The zero-order valence-electron chi connectivity index (χ0n) is 20.5. The summed E-state index contributed by atoms with van der Waals surface area (Å²) in [5.74, 6) is -2.30. The lowest BCUT2D eigenvalue weighted by molar-refractivity contribution is -0.153. The van der Waals surface area contributed by atoms with E-state index in [1.165, 1.54) is 0 Å². The van der Waals surface area contributed by atoms with Gasteiger partial charge in [0.15, 0.2) is 0 Å². The van der Waals surface area contributed by atoms with Gasteiger partial charge in [-0.1, -0.05) is 57.0 Å². The fraction of sp³-hybridized carbons (Fsp3) is 0.667. The summed E-state index contributed by atoms with van der Waals surface area (Å²) in [5.41, 5.74) is 2.73. The number of amides is 2. The smallest absolute Gasteiger partial charge is 0.329 e. The molecule has 0 bridgehead atoms. The summed E-state index contributed by atoms with van der Waals surface area (Å²) in [7, 11) is 0. The molecule has 0 heterocycles. The van der Waals surface area contributed by atoms with Crippen molar-refractivity contribution in [3.05, 3.63) is 35.9 Å². The molecule has 1 aromatic carbocycles. The van der Waals surface area contributed by atoms with Crippen LogP contribution in [0.3, 0.4) is 0 Å². The number of carbonyl (C=O) groups excluding carboxylic acids is 3. The number of ether oxygens (including phenoxy) is 1. The van der Waals surface area contributed by atoms with Crippen molar-refractivity contribution in [1.29, 1.82) is 0 Å². The van der Waals surface area contributed by atoms with Gasteiger partial charge in [-0.3, -0.25) is 14.8 Å². The van der Waals surface area contributed by atoms with E-state index in [9.17, 15) is 19.6 Å². The van der Waals surface area contributed by atoms with Gasteiger partial charge in [-0.15, -0.1) is 0 Å². The Labute approximate surface area is 203 Å². The van der Waals surface area contributed by atoms with Gasteiger partial charge in [-0.2, -0.15) is 0 Å². The summed E-state index contributed by atoms with van der Waals surface area (Å²) in [6.07, 6.45) is 8.27. The van der Waals surface area contributed by atoms with Crippen molar-refractivity contribution >= 4 is 17.8 Å². The molecule has 34 heavy (non-hydrogen) atoms. The fourth-order valence-corrected chi connectivity index (χ4v) is 5.62. The number of hydrogen-bond acceptors (Lipinski definition) is 5. The van der Waals surface area contributed by atoms with Gasteiger partial charge in [0.25, 0.3) is 0 Å². The van der Waals surface area contributed by atoms with Crippen molar-refractivity contribution in [3.8, 4) is 0 Å². The molecular weight excluding hydrogens is 432 g/mol. The summed E-state index contributed by atoms with van der Waals surface area (Å²) in [6.45, 7) is 4.03. The molecular formula is C27H40N2O5. The Balaban J connectivity index is 1.81. The van der Waals surface area contributed by atoms with Gasteiger partial charge in [0.2, 0.25) is 11.8 Å². The van der Waals surface area contributed by atoms with Crippen LogP contribution in [-0.2, 0) is 25.5 Å². The number of rotatable bonds is 11. The van der Waals surface area contributed by atoms with Crippen molar-refractivity contribution in [2.24, 2.45) is 23.7 Å². The molecule has 7 nitrogen and oxygen atoms in total. The largest absolute Gasteiger partial charge is 0.461 e. The normalized spacial score (nSPS) is 19.5. The molecule has 1 unspecified atom stereocenters. The highest BCUT2D eigenvalue weighted by molar-refractivity contribution is 5.90. The molecule has 0 aromatic heterocycles. The average Bonchev–Trinajstić information content (AvgIpc) is 3.53. The van der Waals surface area contributed by atoms with Gasteiger partial charge < -0.3 is 10.1 Å². The predicted molar refractivity (Wildman–Crippen MR) is 129 cm³/mol. The first-order valence-electron chi connectivity index (χ1n) is 12.9. The second-order valence-corrected chi connectivity index (χ2v) is 10.4. The van der Waals surface area contributed by atoms with Crippen LogP contribution in [0.1, 0.15) is 77.2 Å². The molecule has 188 valence electrons. The van der Waals surface area contributed by atoms with E-state index in [2.05, 4.69) is 5.32 Å². The summed E-state index contributed by atoms with van der Waals surface area (Å²) < 4.78 is 5.76. The zero-order chi connectivity index (χ0) is 24.5. The molecule has 0 saturated heterocycles. The standard InChI is InChI=1S/C27H40N2O5/c1-18(2)16-22(24(26(31)29-33)20-12-6-7-13-20)25(30)28-23(17-19-10-4-3-5-11-19)27(32)34-21-14-8-9-15-21/h3-5,10-11,18,20-24,33H,6-9,12-17H2,1-2H3,(H,28,30)(H,29,31)/t22-,23?,24+/m1/s1. The number of benzene rings is 1. The van der Waals surface area contributed by atoms with Gasteiger partial charge in [0.1, 0.15) is 12.1 Å². The van der Waals surface area contributed by atoms with E-state index in [1.807, 2.05) is 44.2 Å². The van der Waals surface area contributed by atoms with Crippen LogP contribution in [0.4, 0.5) is 0 Å². The number of nitrogens with one attached hydrogen (secondary N) is 2. The lowest BCUT2D eigenvalue weighted by Gasteiger charge is -2.31. The van der Waals surface area contributed by atoms with E-state index in [4.69, 9.17) is 4.74 Å². The van der Waals surface area contributed by atoms with Gasteiger partial charge >= 0.3 is 5.97 Å². The van der Waals surface area contributed by atoms with E-state index < -0.39 is 29.8 Å². The first-order valence-corrected chi connectivity index (χ1v) is 12.9. The third kappa shape index (κ3) is 7.29. The van der Waals surface area contributed by atoms with E-state index in [1.54, 1.807) is 5.48 Å². The fourth-order valence-electron chi connectivity index (χ4n) is 5.62. The van der Waals surface area contributed by atoms with E-state index in [0.717, 1.165) is 56.9 Å². The van der Waals surface area contributed by atoms with Gasteiger partial charge in [-0.05, 0) is 62.3 Å². The molecule has 3 N–H and O–H groups in total. The molecule has 0 spiro atoms. The summed E-state index contributed by atoms with van der Waals surface area (Å²) in [6, 6.07) is 8.74. The second kappa shape index (κ2) is 12.9. The van der Waals surface area contributed by atoms with Crippen molar-refractivity contribution in [1.82, 2.24) is 10.8 Å². The first kappa shape index (κ1) is 26.2. The molecule has 3 atom stereocenters. The average molecular weight is 473 g/mol. The SMILES string of the molecule is CC(C)C[C@@H](C(=O)NC(Cc1ccccc1)C(=O)OC1CCCC1)[C@@H](C(=O)NO)C1CCCC1. The van der Waals surface area contributed by atoms with Crippen LogP contribution in [0.2, 0.25) is 0 Å². The van der Waals surface area contributed by atoms with Crippen LogP contribution >= 0.6 is 0 Å². The summed E-state index contributed by atoms with van der Waals surface area (Å²) >= 11 is 0. The van der Waals surface area contributed by atoms with Crippen molar-refractivity contribution in [3.63, 3.8) is 0 Å². The van der Waals surface area contributed by atoms with Crippen LogP contribution in [0.5, 0.6) is 0 Å². The van der Waals surface area contributed by atoms with Crippen LogP contribution in [-0.4, -0.2) is 35.1 Å². The highest BCUT2D eigenvalue weighted by Gasteiger charge is 2.41. The van der Waals surface area contributed by atoms with Crippen LogP contribution in [0, 0.1) is 23.7 Å². The van der Waals surface area contributed by atoms with E-state index in [-0.39, 0.29) is 23.8 Å². The van der Waals surface area contributed by atoms with Crippen molar-refractivity contribution < 1.29 is 24.3 Å². The maximum absolute atomic E-state index is 13.7. The Morgan fingerprint density at radius 2 is 1.59 bits per heavy atom. The third-order valence-corrected chi connectivity index (χ3v) is 7.28. The number of esters is 1. The monoisotopic (exact) mass is 472 g/mol. The Bertz CT molecular complexity index is 800. The van der Waals surface area contributed by atoms with E-state index in [0.29, 0.717) is 12.8 Å². The number of carbonyl (C=O) groups is 3. The maximum Gasteiger partial charge on any atom is 0.329 e. The van der Waals surface area contributed by atoms with Gasteiger partial charge in [0, 0.05) is 6.42 Å². The Hall–Kier alpha value is -2.41. The molecule has 0 aliphatic heterocycles. The topological polar surface area (TPSA) is 105 Å². The lowest BCUT2D eigenvalue weighted by Crippen LogP contribution is -2.50. The summed E-state index contributed by atoms with van der Waals surface area (Å²) in [4.78, 5) is 39.5. The molecule has 1 aromatic rings. The molecule has 2 aliphatic carbocycles. The molecule has 2 saturated carbocycles. The molecule has 7 heteroatoms. The van der Waals surface area contributed by atoms with Crippen molar-refractivity contribution in [2.45, 2.75) is 90.2 Å². The molecule has 2 amide bonds. The maximum atomic E-state index is 13.7. The lowest BCUT2D eigenvalue weighted by atomic mass is 9.75. The molecule has 2 fully saturated rings. The Morgan fingerprint density at radius 3 is 2.18 bits per heavy atom. The minimum atomic E-state index is -0.827. The second-order valence-electron chi connectivity index (χ2n) is 10.4. The number of hydroxylamine groups is 1. The number of hydrogen-bond donors (Lipinski definition) is 3. The minimum absolute atomic E-state index is 0.0414.